The number of aromatic nitrogens is 4. The molecule has 0 aliphatic carbocycles. The van der Waals surface area contributed by atoms with Crippen LogP contribution in [0, 0.1) is 13.8 Å². The molecule has 2 aromatic carbocycles. The van der Waals surface area contributed by atoms with Crippen molar-refractivity contribution in [3.8, 4) is 0 Å². The Morgan fingerprint density at radius 3 is 1.31 bits per heavy atom. The van der Waals surface area contributed by atoms with Gasteiger partial charge in [-0.3, -0.25) is 0 Å². The number of nitrogens with zero attached hydrogens (tertiary/aromatic N) is 4. The van der Waals surface area contributed by atoms with Crippen LogP contribution in [-0.4, -0.2) is 44.3 Å². The van der Waals surface area contributed by atoms with Gasteiger partial charge in [0, 0.05) is 45.7 Å². The SMILES string of the molecule is CCOC(=O)c1cc2c3ccccc3n(CCCCCCCCCCCn3c4ccccc4c4cc(C(=O)OCC)nc(C)c43)c2c(C)n1. The van der Waals surface area contributed by atoms with Gasteiger partial charge in [-0.1, -0.05) is 81.3 Å². The zero-order valence-electron chi connectivity index (χ0n) is 29.4. The van der Waals surface area contributed by atoms with Crippen LogP contribution in [0.15, 0.2) is 60.7 Å². The zero-order valence-corrected chi connectivity index (χ0v) is 29.4. The minimum atomic E-state index is -0.368. The summed E-state index contributed by atoms with van der Waals surface area (Å²) in [5.74, 6) is -0.737. The van der Waals surface area contributed by atoms with Crippen LogP contribution < -0.4 is 0 Å². The van der Waals surface area contributed by atoms with E-state index in [1.54, 1.807) is 0 Å². The molecule has 0 unspecified atom stereocenters. The standard InChI is InChI=1S/C41H48N4O4/c1-5-48-40(46)34-26-32-30-20-14-16-22-36(30)44(38(32)28(3)42-34)24-18-12-10-8-7-9-11-13-19-25-45-37-23-17-15-21-31(37)33-27-35(41(47)49-6-2)43-29(4)39(33)45/h14-17,20-23,26-27H,5-13,18-19,24-25H2,1-4H3. The highest BCUT2D eigenvalue weighted by Gasteiger charge is 2.19. The lowest BCUT2D eigenvalue weighted by atomic mass is 10.1. The molecular weight excluding hydrogens is 612 g/mol. The monoisotopic (exact) mass is 660 g/mol. The van der Waals surface area contributed by atoms with Crippen molar-refractivity contribution in [2.24, 2.45) is 0 Å². The van der Waals surface area contributed by atoms with E-state index in [2.05, 4.69) is 67.6 Å². The van der Waals surface area contributed by atoms with Gasteiger partial charge >= 0.3 is 11.9 Å². The van der Waals surface area contributed by atoms with Crippen LogP contribution >= 0.6 is 0 Å². The molecule has 8 heteroatoms. The summed E-state index contributed by atoms with van der Waals surface area (Å²) in [5.41, 5.74) is 7.09. The molecule has 4 aromatic heterocycles. The summed E-state index contributed by atoms with van der Waals surface area (Å²) < 4.78 is 15.2. The molecular formula is C41H48N4O4. The number of para-hydroxylation sites is 2. The summed E-state index contributed by atoms with van der Waals surface area (Å²) >= 11 is 0. The number of rotatable bonds is 16. The number of pyridine rings is 2. The van der Waals surface area contributed by atoms with Crippen molar-refractivity contribution in [3.63, 3.8) is 0 Å². The Labute approximate surface area is 288 Å². The summed E-state index contributed by atoms with van der Waals surface area (Å²) in [4.78, 5) is 34.1. The minimum Gasteiger partial charge on any atom is -0.461 e. The average Bonchev–Trinajstić information content (AvgIpc) is 3.60. The van der Waals surface area contributed by atoms with Crippen LogP contribution in [0.25, 0.3) is 43.6 Å². The molecule has 0 amide bonds. The Bertz CT molecular complexity index is 1960. The summed E-state index contributed by atoms with van der Waals surface area (Å²) in [6.45, 7) is 10.2. The maximum atomic E-state index is 12.4. The second-order valence-corrected chi connectivity index (χ2v) is 12.9. The maximum absolute atomic E-state index is 12.4. The van der Waals surface area contributed by atoms with E-state index in [-0.39, 0.29) is 11.9 Å². The lowest BCUT2D eigenvalue weighted by molar-refractivity contribution is 0.0510. The number of ether oxygens (including phenoxy) is 2. The summed E-state index contributed by atoms with van der Waals surface area (Å²) in [6, 6.07) is 20.7. The number of fused-ring (bicyclic) bond motifs is 6. The van der Waals surface area contributed by atoms with E-state index in [1.165, 1.54) is 56.0 Å². The zero-order chi connectivity index (χ0) is 34.3. The van der Waals surface area contributed by atoms with E-state index in [0.29, 0.717) is 24.6 Å². The lowest BCUT2D eigenvalue weighted by Gasteiger charge is -2.10. The molecule has 6 aromatic rings. The molecule has 0 N–H and O–H groups in total. The molecule has 49 heavy (non-hydrogen) atoms. The molecule has 8 nitrogen and oxygen atoms in total. The first-order valence-electron chi connectivity index (χ1n) is 18.0. The van der Waals surface area contributed by atoms with Crippen molar-refractivity contribution >= 4 is 55.6 Å². The molecule has 0 aliphatic rings. The lowest BCUT2D eigenvalue weighted by Crippen LogP contribution is -2.08. The van der Waals surface area contributed by atoms with Gasteiger partial charge in [0.25, 0.3) is 0 Å². The van der Waals surface area contributed by atoms with Gasteiger partial charge in [0.2, 0.25) is 0 Å². The van der Waals surface area contributed by atoms with Gasteiger partial charge in [0.05, 0.1) is 35.6 Å². The van der Waals surface area contributed by atoms with Crippen molar-refractivity contribution in [2.75, 3.05) is 13.2 Å². The Kier molecular flexibility index (Phi) is 10.9. The molecule has 0 atom stereocenters. The first kappa shape index (κ1) is 34.2. The fourth-order valence-electron chi connectivity index (χ4n) is 7.40. The Hall–Kier alpha value is -4.72. The molecule has 0 spiro atoms. The molecule has 0 aliphatic heterocycles. The van der Waals surface area contributed by atoms with E-state index in [1.807, 2.05) is 39.8 Å². The third-order valence-corrected chi connectivity index (χ3v) is 9.58. The first-order valence-corrected chi connectivity index (χ1v) is 18.0. The summed E-state index contributed by atoms with van der Waals surface area (Å²) in [6.07, 6.45) is 10.9. The van der Waals surface area contributed by atoms with Crippen LogP contribution in [0.5, 0.6) is 0 Å². The molecule has 0 fully saturated rings. The van der Waals surface area contributed by atoms with Gasteiger partial charge < -0.3 is 18.6 Å². The fourth-order valence-corrected chi connectivity index (χ4v) is 7.40. The van der Waals surface area contributed by atoms with Crippen molar-refractivity contribution < 1.29 is 19.1 Å². The molecule has 256 valence electrons. The van der Waals surface area contributed by atoms with Gasteiger partial charge in [-0.05, 0) is 64.8 Å². The third-order valence-electron chi connectivity index (χ3n) is 9.58. The predicted octanol–water partition coefficient (Wildman–Crippen LogP) is 9.87. The second-order valence-electron chi connectivity index (χ2n) is 12.9. The largest absolute Gasteiger partial charge is 0.461 e. The Balaban J connectivity index is 0.971. The van der Waals surface area contributed by atoms with E-state index < -0.39 is 0 Å². The van der Waals surface area contributed by atoms with Gasteiger partial charge in [-0.2, -0.15) is 0 Å². The van der Waals surface area contributed by atoms with Crippen LogP contribution in [0.2, 0.25) is 0 Å². The highest BCUT2D eigenvalue weighted by Crippen LogP contribution is 2.33. The second kappa shape index (κ2) is 15.7. The van der Waals surface area contributed by atoms with E-state index >= 15 is 0 Å². The molecule has 0 bridgehead atoms. The highest BCUT2D eigenvalue weighted by atomic mass is 16.5. The van der Waals surface area contributed by atoms with E-state index in [0.717, 1.165) is 69.9 Å². The number of unbranched alkanes of at least 4 members (excludes halogenated alkanes) is 8. The van der Waals surface area contributed by atoms with Crippen molar-refractivity contribution in [1.29, 1.82) is 0 Å². The highest BCUT2D eigenvalue weighted by molar-refractivity contribution is 6.11. The topological polar surface area (TPSA) is 88.2 Å². The van der Waals surface area contributed by atoms with E-state index in [9.17, 15) is 9.59 Å². The predicted molar refractivity (Wildman–Crippen MR) is 197 cm³/mol. The number of carbonyl (C=O) groups is 2. The number of esters is 2. The summed E-state index contributed by atoms with van der Waals surface area (Å²) in [7, 11) is 0. The maximum Gasteiger partial charge on any atom is 0.356 e. The molecule has 0 radical (unpaired) electrons. The van der Waals surface area contributed by atoms with Crippen LogP contribution in [-0.2, 0) is 22.6 Å². The van der Waals surface area contributed by atoms with Gasteiger partial charge in [-0.25, -0.2) is 19.6 Å². The van der Waals surface area contributed by atoms with Crippen LogP contribution in [0.3, 0.4) is 0 Å². The smallest absolute Gasteiger partial charge is 0.356 e. The van der Waals surface area contributed by atoms with Crippen molar-refractivity contribution in [2.45, 2.75) is 98.6 Å². The number of aryl methyl sites for hydroxylation is 4. The number of carbonyl (C=O) groups excluding carboxylic acids is 2. The van der Waals surface area contributed by atoms with Gasteiger partial charge in [0.15, 0.2) is 0 Å². The van der Waals surface area contributed by atoms with Gasteiger partial charge in [0.1, 0.15) is 11.4 Å². The molecule has 4 heterocycles. The Morgan fingerprint density at radius 2 is 0.918 bits per heavy atom. The van der Waals surface area contributed by atoms with Crippen LogP contribution in [0.4, 0.5) is 0 Å². The van der Waals surface area contributed by atoms with E-state index in [4.69, 9.17) is 9.47 Å². The molecule has 0 saturated heterocycles. The number of benzene rings is 2. The minimum absolute atomic E-state index is 0.337. The van der Waals surface area contributed by atoms with Crippen molar-refractivity contribution in [3.05, 3.63) is 83.4 Å². The van der Waals surface area contributed by atoms with Crippen molar-refractivity contribution in [1.82, 2.24) is 19.1 Å². The fraction of sp³-hybridized carbons (Fsp3) is 0.415. The third kappa shape index (κ3) is 7.19. The number of hydrogen-bond acceptors (Lipinski definition) is 6. The molecule has 0 saturated carbocycles. The molecule has 6 rings (SSSR count). The summed E-state index contributed by atoms with van der Waals surface area (Å²) in [5, 5.41) is 4.45. The quantitative estimate of drug-likeness (QED) is 0.0759. The average molecular weight is 661 g/mol. The number of hydrogen-bond donors (Lipinski definition) is 0. The first-order chi connectivity index (χ1) is 23.9. The Morgan fingerprint density at radius 1 is 0.551 bits per heavy atom. The van der Waals surface area contributed by atoms with Gasteiger partial charge in [-0.15, -0.1) is 0 Å². The normalized spacial score (nSPS) is 11.7. The van der Waals surface area contributed by atoms with Crippen LogP contribution in [0.1, 0.15) is 104 Å².